The van der Waals surface area contributed by atoms with Crippen LogP contribution in [0.3, 0.4) is 0 Å². The first kappa shape index (κ1) is 24.0. The van der Waals surface area contributed by atoms with Crippen LogP contribution in [0.25, 0.3) is 65.5 Å². The Bertz CT molecular complexity index is 2410. The van der Waals surface area contributed by atoms with Gasteiger partial charge in [0.15, 0.2) is 0 Å². The molecule has 202 valence electrons. The first-order valence-corrected chi connectivity index (χ1v) is 14.9. The summed E-state index contributed by atoms with van der Waals surface area (Å²) in [5, 5.41) is 14.2. The fourth-order valence-corrected chi connectivity index (χ4v) is 7.08. The number of nitrogens with zero attached hydrogens (tertiary/aromatic N) is 1. The zero-order valence-electron chi connectivity index (χ0n) is 23.5. The van der Waals surface area contributed by atoms with Gasteiger partial charge in [0.2, 0.25) is 0 Å². The normalized spacial score (nSPS) is 15.2. The molecule has 0 amide bonds. The highest BCUT2D eigenvalue weighted by Gasteiger charge is 2.25. The second-order valence-electron chi connectivity index (χ2n) is 11.4. The predicted octanol–water partition coefficient (Wildman–Crippen LogP) is 10.5. The number of fused-ring (bicyclic) bond motifs is 10. The third kappa shape index (κ3) is 3.67. The van der Waals surface area contributed by atoms with E-state index < -0.39 is 0 Å². The molecule has 1 N–H and O–H groups in total. The Balaban J connectivity index is 1.46. The molecule has 2 nitrogen and oxygen atoms in total. The molecule has 0 saturated heterocycles. The van der Waals surface area contributed by atoms with Crippen LogP contribution in [0.2, 0.25) is 0 Å². The van der Waals surface area contributed by atoms with Crippen LogP contribution in [0, 0.1) is 0 Å². The van der Waals surface area contributed by atoms with E-state index in [-0.39, 0.29) is 6.04 Å². The van der Waals surface area contributed by atoms with Crippen LogP contribution in [0.4, 0.5) is 0 Å². The summed E-state index contributed by atoms with van der Waals surface area (Å²) in [4.78, 5) is 0. The van der Waals surface area contributed by atoms with Crippen LogP contribution in [-0.2, 0) is 0 Å². The predicted molar refractivity (Wildman–Crippen MR) is 183 cm³/mol. The molecule has 43 heavy (non-hydrogen) atoms. The summed E-state index contributed by atoms with van der Waals surface area (Å²) in [6.07, 6.45) is 4.68. The summed E-state index contributed by atoms with van der Waals surface area (Å²) < 4.78 is 2.48. The van der Waals surface area contributed by atoms with Gasteiger partial charge < -0.3 is 5.32 Å². The van der Waals surface area contributed by atoms with Gasteiger partial charge in [0, 0.05) is 16.2 Å². The molecule has 1 atom stereocenters. The molecule has 0 aliphatic carbocycles. The lowest BCUT2D eigenvalue weighted by Gasteiger charge is -2.27. The maximum absolute atomic E-state index is 3.96. The molecule has 9 rings (SSSR count). The summed E-state index contributed by atoms with van der Waals surface area (Å²) in [6, 6.07) is 52.6. The van der Waals surface area contributed by atoms with Crippen LogP contribution in [0.1, 0.15) is 17.2 Å². The Kier molecular flexibility index (Phi) is 5.30. The Morgan fingerprint density at radius 1 is 0.488 bits per heavy atom. The van der Waals surface area contributed by atoms with Crippen molar-refractivity contribution in [1.82, 2.24) is 9.88 Å². The summed E-state index contributed by atoms with van der Waals surface area (Å²) in [7, 11) is 0. The van der Waals surface area contributed by atoms with E-state index >= 15 is 0 Å². The number of allylic oxidation sites excluding steroid dienone is 2. The Morgan fingerprint density at radius 3 is 1.86 bits per heavy atom. The number of hydrogen-bond donors (Lipinski definition) is 1. The first-order chi connectivity index (χ1) is 21.3. The highest BCUT2D eigenvalue weighted by molar-refractivity contribution is 6.36. The monoisotopic (exact) mass is 548 g/mol. The van der Waals surface area contributed by atoms with Crippen LogP contribution >= 0.6 is 0 Å². The van der Waals surface area contributed by atoms with E-state index in [4.69, 9.17) is 0 Å². The Labute approximate surface area is 249 Å². The van der Waals surface area contributed by atoms with E-state index in [1.165, 1.54) is 70.8 Å². The van der Waals surface area contributed by atoms with E-state index in [2.05, 4.69) is 168 Å². The van der Waals surface area contributed by atoms with Gasteiger partial charge in [0.25, 0.3) is 0 Å². The molecule has 7 aromatic carbocycles. The number of aromatic nitrogens is 1. The van der Waals surface area contributed by atoms with E-state index in [9.17, 15) is 0 Å². The molecule has 0 radical (unpaired) electrons. The second kappa shape index (κ2) is 9.47. The topological polar surface area (TPSA) is 17.0 Å². The largest absolute Gasteiger partial charge is 0.361 e. The summed E-state index contributed by atoms with van der Waals surface area (Å²) in [5.41, 5.74) is 6.10. The van der Waals surface area contributed by atoms with Gasteiger partial charge in [-0.1, -0.05) is 140 Å². The molecule has 1 aromatic heterocycles. The van der Waals surface area contributed by atoms with Crippen LogP contribution in [0.5, 0.6) is 0 Å². The van der Waals surface area contributed by atoms with Crippen molar-refractivity contribution in [2.24, 2.45) is 0 Å². The minimum atomic E-state index is 0.0242. The molecule has 2 heteroatoms. The first-order valence-electron chi connectivity index (χ1n) is 14.9. The van der Waals surface area contributed by atoms with Gasteiger partial charge in [-0.2, -0.15) is 0 Å². The highest BCUT2D eigenvalue weighted by Crippen LogP contribution is 2.45. The van der Waals surface area contributed by atoms with E-state index in [1.54, 1.807) is 0 Å². The van der Waals surface area contributed by atoms with Gasteiger partial charge in [-0.15, -0.1) is 0 Å². The van der Waals surface area contributed by atoms with Crippen molar-refractivity contribution < 1.29 is 0 Å². The Morgan fingerprint density at radius 2 is 1.09 bits per heavy atom. The minimum absolute atomic E-state index is 0.0242. The molecule has 0 spiro atoms. The minimum Gasteiger partial charge on any atom is -0.361 e. The van der Waals surface area contributed by atoms with Crippen LogP contribution in [-0.4, -0.2) is 4.57 Å². The second-order valence-corrected chi connectivity index (χ2v) is 11.4. The molecule has 1 aliphatic heterocycles. The summed E-state index contributed by atoms with van der Waals surface area (Å²) in [6.45, 7) is 0. The maximum Gasteiger partial charge on any atom is 0.112 e. The van der Waals surface area contributed by atoms with Gasteiger partial charge in [0.1, 0.15) is 5.82 Å². The third-order valence-corrected chi connectivity index (χ3v) is 8.98. The van der Waals surface area contributed by atoms with Crippen LogP contribution in [0.15, 0.2) is 158 Å². The van der Waals surface area contributed by atoms with Crippen molar-refractivity contribution in [3.63, 3.8) is 0 Å². The Hall–Kier alpha value is -5.60. The van der Waals surface area contributed by atoms with E-state index in [0.717, 1.165) is 5.82 Å². The van der Waals surface area contributed by atoms with Crippen molar-refractivity contribution in [1.29, 1.82) is 0 Å². The zero-order chi connectivity index (χ0) is 28.3. The SMILES string of the molecule is C1=C(c2ccccc2)C=C(n2c3ccc4ccccc4c3c3c4ccccc4c4ccccc4c32)NC1c1ccccc1. The molecule has 1 aliphatic rings. The average molecular weight is 549 g/mol. The molecular formula is C41H28N2. The number of dihydropyridines is 1. The van der Waals surface area contributed by atoms with Gasteiger partial charge in [-0.05, 0) is 61.8 Å². The summed E-state index contributed by atoms with van der Waals surface area (Å²) >= 11 is 0. The standard InChI is InChI=1S/C41H28N2/c1-3-13-27(14-4-1)30-25-36(29-16-5-2-6-17-29)42-38(26-30)43-37-24-23-28-15-7-8-18-31(28)39(37)40-34-21-11-9-19-32(34)33-20-10-12-22-35(33)41(40)43/h1-26,36,42H. The van der Waals surface area contributed by atoms with Crippen molar-refractivity contribution in [2.45, 2.75) is 6.04 Å². The lowest BCUT2D eigenvalue weighted by molar-refractivity contribution is 0.739. The number of benzene rings is 7. The lowest BCUT2D eigenvalue weighted by atomic mass is 9.95. The summed E-state index contributed by atoms with van der Waals surface area (Å²) in [5.74, 6) is 1.07. The van der Waals surface area contributed by atoms with Gasteiger partial charge >= 0.3 is 0 Å². The number of nitrogens with one attached hydrogen (secondary N) is 1. The lowest BCUT2D eigenvalue weighted by Crippen LogP contribution is -2.25. The number of rotatable bonds is 3. The van der Waals surface area contributed by atoms with Crippen molar-refractivity contribution in [3.05, 3.63) is 169 Å². The quantitative estimate of drug-likeness (QED) is 0.217. The highest BCUT2D eigenvalue weighted by atomic mass is 15.2. The van der Waals surface area contributed by atoms with Crippen LogP contribution < -0.4 is 5.32 Å². The van der Waals surface area contributed by atoms with Crippen molar-refractivity contribution in [3.8, 4) is 0 Å². The zero-order valence-corrected chi connectivity index (χ0v) is 23.5. The average Bonchev–Trinajstić information content (AvgIpc) is 3.45. The molecule has 2 heterocycles. The third-order valence-electron chi connectivity index (χ3n) is 8.98. The van der Waals surface area contributed by atoms with E-state index in [0.29, 0.717) is 0 Å². The van der Waals surface area contributed by atoms with Gasteiger partial charge in [0.05, 0.1) is 17.1 Å². The molecule has 8 aromatic rings. The van der Waals surface area contributed by atoms with Crippen molar-refractivity contribution in [2.75, 3.05) is 0 Å². The molecule has 0 saturated carbocycles. The van der Waals surface area contributed by atoms with Crippen molar-refractivity contribution >= 4 is 65.5 Å². The molecule has 0 bridgehead atoms. The fourth-order valence-electron chi connectivity index (χ4n) is 7.08. The fraction of sp³-hybridized carbons (Fsp3) is 0.0244. The molecule has 0 fully saturated rings. The molecular weight excluding hydrogens is 520 g/mol. The smallest absolute Gasteiger partial charge is 0.112 e. The molecule has 1 unspecified atom stereocenters. The van der Waals surface area contributed by atoms with E-state index in [1.807, 2.05) is 0 Å². The number of hydrogen-bond acceptors (Lipinski definition) is 1. The van der Waals surface area contributed by atoms with Gasteiger partial charge in [-0.25, -0.2) is 0 Å². The maximum atomic E-state index is 3.96. The van der Waals surface area contributed by atoms with Gasteiger partial charge in [-0.3, -0.25) is 4.57 Å².